The molecule has 3 aromatic rings. The minimum absolute atomic E-state index is 0.0916. The number of aliphatic hydroxyl groups excluding tert-OH is 1. The Labute approximate surface area is 152 Å². The Morgan fingerprint density at radius 1 is 1.27 bits per heavy atom. The Balaban J connectivity index is 2.04. The van der Waals surface area contributed by atoms with E-state index < -0.39 is 0 Å². The van der Waals surface area contributed by atoms with Gasteiger partial charge in [-0.05, 0) is 29.2 Å². The Morgan fingerprint density at radius 2 is 2.00 bits per heavy atom. The third-order valence-electron chi connectivity index (χ3n) is 5.23. The Kier molecular flexibility index (Phi) is 4.11. The fourth-order valence-corrected chi connectivity index (χ4v) is 3.96. The molecule has 134 valence electrons. The Morgan fingerprint density at radius 3 is 2.65 bits per heavy atom. The van der Waals surface area contributed by atoms with E-state index in [1.165, 1.54) is 12.1 Å². The van der Waals surface area contributed by atoms with Crippen LogP contribution < -0.4 is 0 Å². The van der Waals surface area contributed by atoms with Gasteiger partial charge in [-0.2, -0.15) is 0 Å². The van der Waals surface area contributed by atoms with Crippen molar-refractivity contribution in [1.82, 2.24) is 14.5 Å². The molecule has 3 heterocycles. The van der Waals surface area contributed by atoms with E-state index in [9.17, 15) is 9.50 Å². The lowest BCUT2D eigenvalue weighted by Gasteiger charge is -2.29. The van der Waals surface area contributed by atoms with Gasteiger partial charge in [0.1, 0.15) is 5.82 Å². The quantitative estimate of drug-likeness (QED) is 0.769. The van der Waals surface area contributed by atoms with Crippen molar-refractivity contribution in [2.75, 3.05) is 0 Å². The van der Waals surface area contributed by atoms with Crippen LogP contribution in [0.5, 0.6) is 0 Å². The number of benzene rings is 1. The van der Waals surface area contributed by atoms with Gasteiger partial charge in [0.25, 0.3) is 0 Å². The van der Waals surface area contributed by atoms with E-state index in [4.69, 9.17) is 4.98 Å². The van der Waals surface area contributed by atoms with Crippen LogP contribution in [-0.4, -0.2) is 19.6 Å². The molecule has 5 heteroatoms. The Hall–Kier alpha value is -2.53. The van der Waals surface area contributed by atoms with Gasteiger partial charge < -0.3 is 9.67 Å². The lowest BCUT2D eigenvalue weighted by atomic mass is 9.84. The summed E-state index contributed by atoms with van der Waals surface area (Å²) in [5.74, 6) is 0.0305. The number of halogens is 1. The molecule has 0 bridgehead atoms. The summed E-state index contributed by atoms with van der Waals surface area (Å²) < 4.78 is 15.6. The van der Waals surface area contributed by atoms with E-state index >= 15 is 0 Å². The van der Waals surface area contributed by atoms with E-state index in [1.54, 1.807) is 12.1 Å². The number of hydrogen-bond acceptors (Lipinski definition) is 3. The van der Waals surface area contributed by atoms with Gasteiger partial charge in [0.2, 0.25) is 0 Å². The minimum atomic E-state index is -0.267. The first-order valence-corrected chi connectivity index (χ1v) is 8.93. The number of hydrogen-bond donors (Lipinski definition) is 1. The normalized spacial score (nSPS) is 15.8. The fraction of sp³-hybridized carbons (Fsp3) is 0.333. The molecule has 0 amide bonds. The standard InChI is InChI=1S/C21H22FN3O/c1-12(2)20-17(10-26)19(14-4-6-15(22)7-5-14)16-9-25-11-23-8-18(25)13(3)21(16)24-20/h4-8,11-13,26H,9-10H2,1-3H3. The highest BCUT2D eigenvalue weighted by Gasteiger charge is 2.30. The maximum absolute atomic E-state index is 13.5. The van der Waals surface area contributed by atoms with Crippen molar-refractivity contribution in [2.24, 2.45) is 0 Å². The third kappa shape index (κ3) is 2.54. The van der Waals surface area contributed by atoms with E-state index in [-0.39, 0.29) is 24.3 Å². The van der Waals surface area contributed by atoms with Gasteiger partial charge in [-0.15, -0.1) is 0 Å². The summed E-state index contributed by atoms with van der Waals surface area (Å²) in [5.41, 5.74) is 6.88. The molecule has 26 heavy (non-hydrogen) atoms. The molecular weight excluding hydrogens is 329 g/mol. The number of fused-ring (bicyclic) bond motifs is 2. The maximum Gasteiger partial charge on any atom is 0.123 e. The largest absolute Gasteiger partial charge is 0.392 e. The number of aromatic nitrogens is 3. The first kappa shape index (κ1) is 16.9. The first-order valence-electron chi connectivity index (χ1n) is 8.93. The van der Waals surface area contributed by atoms with E-state index in [2.05, 4.69) is 30.3 Å². The van der Waals surface area contributed by atoms with Gasteiger partial charge in [-0.25, -0.2) is 9.37 Å². The highest BCUT2D eigenvalue weighted by atomic mass is 19.1. The molecule has 1 aromatic carbocycles. The predicted molar refractivity (Wildman–Crippen MR) is 98.5 cm³/mol. The first-order chi connectivity index (χ1) is 12.5. The van der Waals surface area contributed by atoms with Gasteiger partial charge in [0.05, 0.1) is 25.2 Å². The van der Waals surface area contributed by atoms with Crippen LogP contribution in [0, 0.1) is 5.82 Å². The predicted octanol–water partition coefficient (Wildman–Crippen LogP) is 4.21. The van der Waals surface area contributed by atoms with Gasteiger partial charge in [-0.1, -0.05) is 32.9 Å². The van der Waals surface area contributed by atoms with Crippen molar-refractivity contribution >= 4 is 0 Å². The SMILES string of the molecule is CC(C)c1nc2c(c(-c3ccc(F)cc3)c1CO)Cn1cncc1C2C. The second-order valence-electron chi connectivity index (χ2n) is 7.20. The van der Waals surface area contributed by atoms with E-state index in [1.807, 2.05) is 12.5 Å². The van der Waals surface area contributed by atoms with Gasteiger partial charge in [0.15, 0.2) is 0 Å². The van der Waals surface area contributed by atoms with Crippen LogP contribution in [0.25, 0.3) is 11.1 Å². The number of rotatable bonds is 3. The molecule has 1 unspecified atom stereocenters. The molecule has 1 aliphatic rings. The molecule has 0 saturated heterocycles. The van der Waals surface area contributed by atoms with Crippen LogP contribution in [0.15, 0.2) is 36.8 Å². The van der Waals surface area contributed by atoms with Crippen molar-refractivity contribution in [2.45, 2.75) is 45.8 Å². The molecule has 1 N–H and O–H groups in total. The maximum atomic E-state index is 13.5. The van der Waals surface area contributed by atoms with Crippen molar-refractivity contribution in [3.8, 4) is 11.1 Å². The highest BCUT2D eigenvalue weighted by molar-refractivity contribution is 5.74. The molecule has 4 rings (SSSR count). The second kappa shape index (κ2) is 6.32. The summed E-state index contributed by atoms with van der Waals surface area (Å²) in [6.45, 7) is 6.86. The topological polar surface area (TPSA) is 50.9 Å². The van der Waals surface area contributed by atoms with Gasteiger partial charge >= 0.3 is 0 Å². The zero-order chi connectivity index (χ0) is 18.4. The summed E-state index contributed by atoms with van der Waals surface area (Å²) in [6, 6.07) is 6.49. The summed E-state index contributed by atoms with van der Waals surface area (Å²) in [5, 5.41) is 10.2. The van der Waals surface area contributed by atoms with Crippen LogP contribution >= 0.6 is 0 Å². The summed E-state index contributed by atoms with van der Waals surface area (Å²) in [7, 11) is 0. The molecule has 0 fully saturated rings. The molecule has 4 nitrogen and oxygen atoms in total. The van der Waals surface area contributed by atoms with Crippen molar-refractivity contribution in [3.05, 3.63) is 70.8 Å². The van der Waals surface area contributed by atoms with Gasteiger partial charge in [-0.3, -0.25) is 4.98 Å². The number of pyridine rings is 1. The molecular formula is C21H22FN3O. The van der Waals surface area contributed by atoms with Crippen LogP contribution in [-0.2, 0) is 13.2 Å². The van der Waals surface area contributed by atoms with Gasteiger partial charge in [0, 0.05) is 34.6 Å². The molecule has 1 aliphatic heterocycles. The van der Waals surface area contributed by atoms with Crippen LogP contribution in [0.2, 0.25) is 0 Å². The number of aliphatic hydroxyl groups is 1. The van der Waals surface area contributed by atoms with Crippen molar-refractivity contribution in [3.63, 3.8) is 0 Å². The Bertz CT molecular complexity index is 960. The lowest BCUT2D eigenvalue weighted by molar-refractivity contribution is 0.279. The molecule has 0 aliphatic carbocycles. The zero-order valence-electron chi connectivity index (χ0n) is 15.2. The smallest absolute Gasteiger partial charge is 0.123 e. The molecule has 0 spiro atoms. The zero-order valence-corrected chi connectivity index (χ0v) is 15.2. The summed E-state index contributed by atoms with van der Waals surface area (Å²) in [6.07, 6.45) is 3.72. The third-order valence-corrected chi connectivity index (χ3v) is 5.23. The highest BCUT2D eigenvalue weighted by Crippen LogP contribution is 2.41. The number of imidazole rings is 1. The van der Waals surface area contributed by atoms with Crippen LogP contribution in [0.4, 0.5) is 4.39 Å². The van der Waals surface area contributed by atoms with Crippen molar-refractivity contribution < 1.29 is 9.50 Å². The second-order valence-corrected chi connectivity index (χ2v) is 7.20. The minimum Gasteiger partial charge on any atom is -0.392 e. The van der Waals surface area contributed by atoms with Crippen LogP contribution in [0.1, 0.15) is 60.8 Å². The van der Waals surface area contributed by atoms with E-state index in [0.717, 1.165) is 39.3 Å². The van der Waals surface area contributed by atoms with Crippen LogP contribution in [0.3, 0.4) is 0 Å². The number of nitrogens with zero attached hydrogens (tertiary/aromatic N) is 3. The molecule has 0 radical (unpaired) electrons. The average molecular weight is 351 g/mol. The monoisotopic (exact) mass is 351 g/mol. The molecule has 1 atom stereocenters. The van der Waals surface area contributed by atoms with Crippen molar-refractivity contribution in [1.29, 1.82) is 0 Å². The molecule has 2 aromatic heterocycles. The fourth-order valence-electron chi connectivity index (χ4n) is 3.96. The molecule has 0 saturated carbocycles. The summed E-state index contributed by atoms with van der Waals surface area (Å²) in [4.78, 5) is 9.26. The summed E-state index contributed by atoms with van der Waals surface area (Å²) >= 11 is 0. The average Bonchev–Trinajstić information content (AvgIpc) is 3.10. The van der Waals surface area contributed by atoms with E-state index in [0.29, 0.717) is 6.54 Å². The lowest BCUT2D eigenvalue weighted by Crippen LogP contribution is -2.21.